The summed E-state index contributed by atoms with van der Waals surface area (Å²) in [5, 5.41) is 8.92. The fourth-order valence-electron chi connectivity index (χ4n) is 2.30. The molecule has 106 valence electrons. The maximum absolute atomic E-state index is 10.9. The van der Waals surface area contributed by atoms with Crippen molar-refractivity contribution < 1.29 is 24.1 Å². The van der Waals surface area contributed by atoms with Crippen molar-refractivity contribution in [3.8, 4) is 0 Å². The predicted molar refractivity (Wildman–Crippen MR) is 66.6 cm³/mol. The second-order valence-electron chi connectivity index (χ2n) is 4.79. The van der Waals surface area contributed by atoms with E-state index in [9.17, 15) is 4.79 Å². The van der Waals surface area contributed by atoms with Crippen molar-refractivity contribution in [1.29, 1.82) is 0 Å². The van der Waals surface area contributed by atoms with Crippen molar-refractivity contribution in [3.63, 3.8) is 0 Å². The van der Waals surface area contributed by atoms with Crippen molar-refractivity contribution in [2.24, 2.45) is 0 Å². The Morgan fingerprint density at radius 3 is 2.50 bits per heavy atom. The Bertz CT molecular complexity index is 246. The van der Waals surface area contributed by atoms with Gasteiger partial charge in [0.25, 0.3) is 0 Å². The normalized spacial score (nSPS) is 30.1. The van der Waals surface area contributed by atoms with Gasteiger partial charge in [0.1, 0.15) is 0 Å². The van der Waals surface area contributed by atoms with Gasteiger partial charge in [-0.2, -0.15) is 0 Å². The zero-order chi connectivity index (χ0) is 13.5. The van der Waals surface area contributed by atoms with Crippen LogP contribution in [0.1, 0.15) is 40.0 Å². The van der Waals surface area contributed by atoms with Crippen molar-refractivity contribution in [2.75, 3.05) is 13.2 Å². The number of carboxylic acid groups (broad SMARTS) is 1. The van der Waals surface area contributed by atoms with E-state index in [4.69, 9.17) is 19.3 Å². The van der Waals surface area contributed by atoms with E-state index in [1.54, 1.807) is 6.92 Å². The van der Waals surface area contributed by atoms with Crippen LogP contribution in [0.5, 0.6) is 0 Å². The molecule has 1 aliphatic rings. The molecular weight excluding hydrogens is 236 g/mol. The van der Waals surface area contributed by atoms with Gasteiger partial charge in [-0.25, -0.2) is 4.79 Å². The van der Waals surface area contributed by atoms with E-state index in [1.807, 2.05) is 13.8 Å². The van der Waals surface area contributed by atoms with Crippen molar-refractivity contribution in [2.45, 2.75) is 64.4 Å². The van der Waals surface area contributed by atoms with Crippen LogP contribution in [-0.4, -0.2) is 48.7 Å². The summed E-state index contributed by atoms with van der Waals surface area (Å²) < 4.78 is 16.5. The minimum Gasteiger partial charge on any atom is -0.479 e. The van der Waals surface area contributed by atoms with Gasteiger partial charge in [0, 0.05) is 13.0 Å². The highest BCUT2D eigenvalue weighted by Gasteiger charge is 2.25. The van der Waals surface area contributed by atoms with E-state index in [2.05, 4.69) is 0 Å². The lowest BCUT2D eigenvalue weighted by molar-refractivity contribution is -0.153. The van der Waals surface area contributed by atoms with Gasteiger partial charge in [0.15, 0.2) is 6.10 Å². The predicted octanol–water partition coefficient (Wildman–Crippen LogP) is 1.84. The van der Waals surface area contributed by atoms with Crippen LogP contribution in [0.15, 0.2) is 0 Å². The zero-order valence-electron chi connectivity index (χ0n) is 11.4. The monoisotopic (exact) mass is 260 g/mol. The molecule has 1 heterocycles. The Kier molecular flexibility index (Phi) is 6.60. The van der Waals surface area contributed by atoms with Crippen LogP contribution in [0, 0.1) is 0 Å². The largest absolute Gasteiger partial charge is 0.479 e. The average molecular weight is 260 g/mol. The maximum Gasteiger partial charge on any atom is 0.332 e. The van der Waals surface area contributed by atoms with Crippen LogP contribution in [0.3, 0.4) is 0 Å². The standard InChI is InChI=1S/C13H24O5/c1-4-16-12(13(14)15)5-6-17-11-7-9(2)18-10(3)8-11/h9-12H,4-8H2,1-3H3,(H,14,15). The van der Waals surface area contributed by atoms with Crippen LogP contribution in [0.2, 0.25) is 0 Å². The van der Waals surface area contributed by atoms with Gasteiger partial charge < -0.3 is 19.3 Å². The highest BCUT2D eigenvalue weighted by molar-refractivity contribution is 5.72. The molecule has 5 heteroatoms. The Hall–Kier alpha value is -0.650. The molecule has 3 atom stereocenters. The third-order valence-corrected chi connectivity index (χ3v) is 3.03. The van der Waals surface area contributed by atoms with E-state index < -0.39 is 12.1 Å². The summed E-state index contributed by atoms with van der Waals surface area (Å²) in [6, 6.07) is 0. The van der Waals surface area contributed by atoms with Crippen LogP contribution in [0.25, 0.3) is 0 Å². The lowest BCUT2D eigenvalue weighted by Crippen LogP contribution is -2.35. The summed E-state index contributed by atoms with van der Waals surface area (Å²) in [5.41, 5.74) is 0. The molecule has 5 nitrogen and oxygen atoms in total. The molecule has 0 bridgehead atoms. The number of rotatable bonds is 7. The Balaban J connectivity index is 2.25. The summed E-state index contributed by atoms with van der Waals surface area (Å²) >= 11 is 0. The topological polar surface area (TPSA) is 65.0 Å². The van der Waals surface area contributed by atoms with Gasteiger partial charge >= 0.3 is 5.97 Å². The molecule has 0 aliphatic carbocycles. The van der Waals surface area contributed by atoms with Gasteiger partial charge in [0.2, 0.25) is 0 Å². The van der Waals surface area contributed by atoms with Gasteiger partial charge in [-0.05, 0) is 33.6 Å². The number of carboxylic acids is 1. The molecule has 0 saturated carbocycles. The molecule has 1 fully saturated rings. The summed E-state index contributed by atoms with van der Waals surface area (Å²) in [4.78, 5) is 10.9. The molecule has 0 radical (unpaired) electrons. The van der Waals surface area contributed by atoms with Crippen molar-refractivity contribution >= 4 is 5.97 Å². The fraction of sp³-hybridized carbons (Fsp3) is 0.923. The smallest absolute Gasteiger partial charge is 0.332 e. The van der Waals surface area contributed by atoms with E-state index in [0.717, 1.165) is 12.8 Å². The van der Waals surface area contributed by atoms with Crippen LogP contribution in [0.4, 0.5) is 0 Å². The van der Waals surface area contributed by atoms with E-state index >= 15 is 0 Å². The molecule has 1 aliphatic heterocycles. The molecule has 0 aromatic carbocycles. The first-order chi connectivity index (χ1) is 8.52. The number of ether oxygens (including phenoxy) is 3. The Labute approximate surface area is 108 Å². The van der Waals surface area contributed by atoms with E-state index in [0.29, 0.717) is 19.6 Å². The SMILES string of the molecule is CCOC(CCOC1CC(C)OC(C)C1)C(=O)O. The van der Waals surface area contributed by atoms with E-state index in [-0.39, 0.29) is 18.3 Å². The maximum atomic E-state index is 10.9. The molecule has 0 aromatic rings. The molecule has 1 saturated heterocycles. The lowest BCUT2D eigenvalue weighted by Gasteiger charge is -2.32. The minimum atomic E-state index is -0.922. The second kappa shape index (κ2) is 7.71. The van der Waals surface area contributed by atoms with E-state index in [1.165, 1.54) is 0 Å². The fourth-order valence-corrected chi connectivity index (χ4v) is 2.30. The average Bonchev–Trinajstić information content (AvgIpc) is 2.26. The quantitative estimate of drug-likeness (QED) is 0.756. The highest BCUT2D eigenvalue weighted by Crippen LogP contribution is 2.21. The highest BCUT2D eigenvalue weighted by atomic mass is 16.5. The summed E-state index contributed by atoms with van der Waals surface area (Å²) in [6.45, 7) is 6.68. The molecule has 0 amide bonds. The van der Waals surface area contributed by atoms with Crippen molar-refractivity contribution in [3.05, 3.63) is 0 Å². The lowest BCUT2D eigenvalue weighted by atomic mass is 10.0. The van der Waals surface area contributed by atoms with Gasteiger partial charge in [-0.3, -0.25) is 0 Å². The molecule has 0 aromatic heterocycles. The molecule has 3 unspecified atom stereocenters. The third-order valence-electron chi connectivity index (χ3n) is 3.03. The Morgan fingerprint density at radius 2 is 2.00 bits per heavy atom. The minimum absolute atomic E-state index is 0.167. The zero-order valence-corrected chi connectivity index (χ0v) is 11.4. The van der Waals surface area contributed by atoms with Crippen LogP contribution < -0.4 is 0 Å². The first kappa shape index (κ1) is 15.4. The number of aliphatic carboxylic acids is 1. The first-order valence-electron chi connectivity index (χ1n) is 6.64. The van der Waals surface area contributed by atoms with Gasteiger partial charge in [-0.1, -0.05) is 0 Å². The van der Waals surface area contributed by atoms with Gasteiger partial charge in [-0.15, -0.1) is 0 Å². The molecule has 0 spiro atoms. The summed E-state index contributed by atoms with van der Waals surface area (Å²) in [5.74, 6) is -0.922. The molecule has 1 rings (SSSR count). The summed E-state index contributed by atoms with van der Waals surface area (Å²) in [7, 11) is 0. The number of carbonyl (C=O) groups is 1. The number of hydrogen-bond acceptors (Lipinski definition) is 4. The molecule has 18 heavy (non-hydrogen) atoms. The third kappa shape index (κ3) is 5.33. The first-order valence-corrected chi connectivity index (χ1v) is 6.64. The molecular formula is C13H24O5. The van der Waals surface area contributed by atoms with Gasteiger partial charge in [0.05, 0.1) is 24.9 Å². The Morgan fingerprint density at radius 1 is 1.39 bits per heavy atom. The second-order valence-corrected chi connectivity index (χ2v) is 4.79. The molecule has 1 N–H and O–H groups in total. The van der Waals surface area contributed by atoms with Crippen LogP contribution >= 0.6 is 0 Å². The number of hydrogen-bond donors (Lipinski definition) is 1. The van der Waals surface area contributed by atoms with Crippen LogP contribution in [-0.2, 0) is 19.0 Å². The summed E-state index contributed by atoms with van der Waals surface area (Å²) in [6.07, 6.45) is 1.96. The van der Waals surface area contributed by atoms with Crippen molar-refractivity contribution in [1.82, 2.24) is 0 Å².